The van der Waals surface area contributed by atoms with E-state index in [1.165, 1.54) is 62.2 Å². The van der Waals surface area contributed by atoms with Gasteiger partial charge in [0, 0.05) is 13.1 Å². The number of likely N-dealkylation sites (tertiary alicyclic amines) is 1. The fourth-order valence-electron chi connectivity index (χ4n) is 3.24. The van der Waals surface area contributed by atoms with Crippen LogP contribution in [0.2, 0.25) is 0 Å². The maximum Gasteiger partial charge on any atom is 0.261 e. The molecule has 27 heavy (non-hydrogen) atoms. The molecule has 1 N–H and O–H groups in total. The minimum atomic E-state index is -0.645. The van der Waals surface area contributed by atoms with E-state index >= 15 is 0 Å². The maximum absolute atomic E-state index is 12.9. The molecular weight excluding hydrogens is 343 g/mol. The van der Waals surface area contributed by atoms with Gasteiger partial charge in [-0.15, -0.1) is 0 Å². The van der Waals surface area contributed by atoms with Crippen molar-refractivity contribution >= 4 is 5.91 Å². The van der Waals surface area contributed by atoms with Gasteiger partial charge in [0.1, 0.15) is 11.6 Å². The molecule has 0 aromatic heterocycles. The molecule has 1 amide bonds. The normalized spacial score (nSPS) is 15.9. The number of rotatable bonds is 7. The Balaban J connectivity index is 1.44. The molecule has 1 aliphatic heterocycles. The van der Waals surface area contributed by atoms with Gasteiger partial charge < -0.3 is 10.1 Å². The standard InChI is InChI=1S/C22H27FN2O2/c1-17(27-21-11-9-20(23)10-12-21)22(26)24-15-18-5-7-19(8-6-18)16-25-13-3-2-4-14-25/h5-12,17H,2-4,13-16H2,1H3,(H,24,26). The Kier molecular flexibility index (Phi) is 6.82. The molecule has 4 nitrogen and oxygen atoms in total. The van der Waals surface area contributed by atoms with Crippen LogP contribution in [-0.4, -0.2) is 30.0 Å². The summed E-state index contributed by atoms with van der Waals surface area (Å²) in [5.41, 5.74) is 2.36. The monoisotopic (exact) mass is 370 g/mol. The van der Waals surface area contributed by atoms with Gasteiger partial charge in [0.05, 0.1) is 0 Å². The molecule has 3 rings (SSSR count). The molecule has 1 saturated heterocycles. The molecule has 0 bridgehead atoms. The number of halogens is 1. The van der Waals surface area contributed by atoms with E-state index in [0.717, 1.165) is 12.1 Å². The summed E-state index contributed by atoms with van der Waals surface area (Å²) >= 11 is 0. The number of carbonyl (C=O) groups excluding carboxylic acids is 1. The molecule has 144 valence electrons. The highest BCUT2D eigenvalue weighted by molar-refractivity contribution is 5.80. The first-order chi connectivity index (χ1) is 13.1. The fourth-order valence-corrected chi connectivity index (χ4v) is 3.24. The van der Waals surface area contributed by atoms with Gasteiger partial charge in [-0.05, 0) is 68.2 Å². The van der Waals surface area contributed by atoms with Crippen molar-refractivity contribution in [3.05, 3.63) is 65.5 Å². The summed E-state index contributed by atoms with van der Waals surface area (Å²) in [6.45, 7) is 5.50. The number of ether oxygens (including phenoxy) is 1. The smallest absolute Gasteiger partial charge is 0.261 e. The number of nitrogens with one attached hydrogen (secondary N) is 1. The van der Waals surface area contributed by atoms with Gasteiger partial charge in [0.15, 0.2) is 6.10 Å². The van der Waals surface area contributed by atoms with Crippen molar-refractivity contribution in [2.75, 3.05) is 13.1 Å². The van der Waals surface area contributed by atoms with Crippen LogP contribution >= 0.6 is 0 Å². The molecule has 1 aliphatic rings. The average molecular weight is 370 g/mol. The summed E-state index contributed by atoms with van der Waals surface area (Å²) < 4.78 is 18.5. The lowest BCUT2D eigenvalue weighted by Crippen LogP contribution is -2.35. The van der Waals surface area contributed by atoms with Crippen LogP contribution < -0.4 is 10.1 Å². The highest BCUT2D eigenvalue weighted by Gasteiger charge is 2.14. The lowest BCUT2D eigenvalue weighted by Gasteiger charge is -2.26. The first-order valence-corrected chi connectivity index (χ1v) is 9.60. The van der Waals surface area contributed by atoms with Crippen molar-refractivity contribution in [2.45, 2.75) is 45.4 Å². The molecule has 2 aromatic rings. The molecule has 1 unspecified atom stereocenters. The van der Waals surface area contributed by atoms with Crippen molar-refractivity contribution in [1.29, 1.82) is 0 Å². The summed E-state index contributed by atoms with van der Waals surface area (Å²) in [4.78, 5) is 14.7. The molecule has 1 atom stereocenters. The zero-order chi connectivity index (χ0) is 19.1. The fraction of sp³-hybridized carbons (Fsp3) is 0.409. The van der Waals surface area contributed by atoms with Crippen LogP contribution in [0.5, 0.6) is 5.75 Å². The quantitative estimate of drug-likeness (QED) is 0.804. The van der Waals surface area contributed by atoms with Crippen LogP contribution in [0.3, 0.4) is 0 Å². The predicted molar refractivity (Wildman–Crippen MR) is 104 cm³/mol. The predicted octanol–water partition coefficient (Wildman–Crippen LogP) is 3.90. The second-order valence-electron chi connectivity index (χ2n) is 7.09. The number of carbonyl (C=O) groups is 1. The van der Waals surface area contributed by atoms with Crippen LogP contribution in [0.1, 0.15) is 37.3 Å². The van der Waals surface area contributed by atoms with Crippen LogP contribution in [0.25, 0.3) is 0 Å². The molecule has 2 aromatic carbocycles. The molecule has 0 radical (unpaired) electrons. The van der Waals surface area contributed by atoms with Crippen LogP contribution in [-0.2, 0) is 17.9 Å². The summed E-state index contributed by atoms with van der Waals surface area (Å²) in [5.74, 6) is -0.0546. The summed E-state index contributed by atoms with van der Waals surface area (Å²) in [6.07, 6.45) is 3.29. The minimum Gasteiger partial charge on any atom is -0.481 e. The molecule has 0 saturated carbocycles. The molecule has 1 fully saturated rings. The third-order valence-corrected chi connectivity index (χ3v) is 4.84. The zero-order valence-corrected chi connectivity index (χ0v) is 15.8. The van der Waals surface area contributed by atoms with E-state index in [4.69, 9.17) is 4.74 Å². The van der Waals surface area contributed by atoms with E-state index in [1.54, 1.807) is 6.92 Å². The zero-order valence-electron chi connectivity index (χ0n) is 15.8. The summed E-state index contributed by atoms with van der Waals surface area (Å²) in [6, 6.07) is 14.0. The van der Waals surface area contributed by atoms with E-state index in [0.29, 0.717) is 12.3 Å². The van der Waals surface area contributed by atoms with Gasteiger partial charge >= 0.3 is 0 Å². The van der Waals surface area contributed by atoms with E-state index in [2.05, 4.69) is 34.5 Å². The second kappa shape index (κ2) is 9.51. The van der Waals surface area contributed by atoms with Crippen LogP contribution in [0.15, 0.2) is 48.5 Å². The number of benzene rings is 2. The first-order valence-electron chi connectivity index (χ1n) is 9.60. The van der Waals surface area contributed by atoms with Gasteiger partial charge in [0.25, 0.3) is 5.91 Å². The van der Waals surface area contributed by atoms with E-state index in [-0.39, 0.29) is 11.7 Å². The van der Waals surface area contributed by atoms with E-state index in [9.17, 15) is 9.18 Å². The van der Waals surface area contributed by atoms with Crippen molar-refractivity contribution in [1.82, 2.24) is 10.2 Å². The van der Waals surface area contributed by atoms with Gasteiger partial charge in [-0.2, -0.15) is 0 Å². The van der Waals surface area contributed by atoms with Gasteiger partial charge in [0.2, 0.25) is 0 Å². The SMILES string of the molecule is CC(Oc1ccc(F)cc1)C(=O)NCc1ccc(CN2CCCCC2)cc1. The Hall–Kier alpha value is -2.40. The lowest BCUT2D eigenvalue weighted by molar-refractivity contribution is -0.127. The number of hydrogen-bond donors (Lipinski definition) is 1. The number of piperidine rings is 1. The topological polar surface area (TPSA) is 41.6 Å². The largest absolute Gasteiger partial charge is 0.481 e. The van der Waals surface area contributed by atoms with E-state index < -0.39 is 6.10 Å². The van der Waals surface area contributed by atoms with E-state index in [1.807, 2.05) is 0 Å². The Morgan fingerprint density at radius 1 is 1.04 bits per heavy atom. The number of amides is 1. The average Bonchev–Trinajstić information content (AvgIpc) is 2.69. The maximum atomic E-state index is 12.9. The van der Waals surface area contributed by atoms with Crippen molar-refractivity contribution in [2.24, 2.45) is 0 Å². The Morgan fingerprint density at radius 2 is 1.67 bits per heavy atom. The van der Waals surface area contributed by atoms with Gasteiger partial charge in [-0.1, -0.05) is 30.7 Å². The molecule has 5 heteroatoms. The van der Waals surface area contributed by atoms with Gasteiger partial charge in [-0.3, -0.25) is 9.69 Å². The van der Waals surface area contributed by atoms with Gasteiger partial charge in [-0.25, -0.2) is 4.39 Å². The third kappa shape index (κ3) is 6.07. The first kappa shape index (κ1) is 19.4. The van der Waals surface area contributed by atoms with Crippen LogP contribution in [0, 0.1) is 5.82 Å². The summed E-state index contributed by atoms with van der Waals surface area (Å²) in [5, 5.41) is 2.88. The molecular formula is C22H27FN2O2. The second-order valence-corrected chi connectivity index (χ2v) is 7.09. The number of hydrogen-bond acceptors (Lipinski definition) is 3. The summed E-state index contributed by atoms with van der Waals surface area (Å²) in [7, 11) is 0. The molecule has 0 spiro atoms. The van der Waals surface area contributed by atoms with Crippen molar-refractivity contribution in [3.8, 4) is 5.75 Å². The lowest BCUT2D eigenvalue weighted by atomic mass is 10.1. The van der Waals surface area contributed by atoms with Crippen LogP contribution in [0.4, 0.5) is 4.39 Å². The highest BCUT2D eigenvalue weighted by atomic mass is 19.1. The highest BCUT2D eigenvalue weighted by Crippen LogP contribution is 2.15. The van der Waals surface area contributed by atoms with Crippen molar-refractivity contribution in [3.63, 3.8) is 0 Å². The molecule has 0 aliphatic carbocycles. The Morgan fingerprint density at radius 3 is 2.33 bits per heavy atom. The Labute approximate surface area is 160 Å². The molecule has 1 heterocycles. The minimum absolute atomic E-state index is 0.197. The Bertz CT molecular complexity index is 725. The third-order valence-electron chi connectivity index (χ3n) is 4.84. The van der Waals surface area contributed by atoms with Crippen molar-refractivity contribution < 1.29 is 13.9 Å². The number of nitrogens with zero attached hydrogens (tertiary/aromatic N) is 1.